The number of anilines is 2. The molecule has 1 fully saturated rings. The van der Waals surface area contributed by atoms with Gasteiger partial charge in [-0.2, -0.15) is 5.10 Å². The van der Waals surface area contributed by atoms with Crippen LogP contribution in [0.5, 0.6) is 5.75 Å². The standard InChI is InChI=1S/C24H27N7O/c1-32-20-8-2-16(3-9-20)14-27-18-6-4-17(5-7-18)22-21-23(25)28-15-29-24(21)31(30-22)19-10-12-26-13-11-19/h2-9,15,19,26-27H,10-14H2,1H3,(H2,25,28,29). The van der Waals surface area contributed by atoms with E-state index in [1.165, 1.54) is 11.9 Å². The van der Waals surface area contributed by atoms with Crippen LogP contribution < -0.4 is 21.1 Å². The molecule has 0 radical (unpaired) electrons. The molecule has 3 heterocycles. The molecule has 1 aliphatic rings. The highest BCUT2D eigenvalue weighted by atomic mass is 16.5. The Morgan fingerprint density at radius 2 is 1.81 bits per heavy atom. The Labute approximate surface area is 186 Å². The van der Waals surface area contributed by atoms with Gasteiger partial charge >= 0.3 is 0 Å². The number of methoxy groups -OCH3 is 1. The Morgan fingerprint density at radius 1 is 1.06 bits per heavy atom. The molecule has 0 aliphatic carbocycles. The van der Waals surface area contributed by atoms with E-state index >= 15 is 0 Å². The number of hydrogen-bond acceptors (Lipinski definition) is 7. The van der Waals surface area contributed by atoms with Crippen molar-refractivity contribution in [3.63, 3.8) is 0 Å². The first-order valence-corrected chi connectivity index (χ1v) is 10.9. The maximum Gasteiger partial charge on any atom is 0.164 e. The van der Waals surface area contributed by atoms with E-state index in [-0.39, 0.29) is 0 Å². The summed E-state index contributed by atoms with van der Waals surface area (Å²) >= 11 is 0. The van der Waals surface area contributed by atoms with Gasteiger partial charge < -0.3 is 21.1 Å². The van der Waals surface area contributed by atoms with Crippen LogP contribution in [-0.2, 0) is 6.54 Å². The lowest BCUT2D eigenvalue weighted by Crippen LogP contribution is -2.30. The molecule has 8 nitrogen and oxygen atoms in total. The number of nitrogens with two attached hydrogens (primary N) is 1. The van der Waals surface area contributed by atoms with Crippen LogP contribution in [0.2, 0.25) is 0 Å². The van der Waals surface area contributed by atoms with Gasteiger partial charge in [-0.05, 0) is 55.8 Å². The first-order chi connectivity index (χ1) is 15.7. The molecule has 0 spiro atoms. The lowest BCUT2D eigenvalue weighted by molar-refractivity contribution is 0.350. The first-order valence-electron chi connectivity index (χ1n) is 10.9. The van der Waals surface area contributed by atoms with Crippen LogP contribution in [0.4, 0.5) is 11.5 Å². The molecule has 0 saturated carbocycles. The van der Waals surface area contributed by atoms with Gasteiger partial charge in [-0.1, -0.05) is 24.3 Å². The molecular formula is C24H27N7O. The van der Waals surface area contributed by atoms with E-state index in [0.717, 1.165) is 66.2 Å². The molecule has 4 aromatic rings. The zero-order valence-corrected chi connectivity index (χ0v) is 18.1. The summed E-state index contributed by atoms with van der Waals surface area (Å²) in [7, 11) is 1.67. The van der Waals surface area contributed by atoms with Crippen molar-refractivity contribution in [1.29, 1.82) is 0 Å². The smallest absolute Gasteiger partial charge is 0.164 e. The molecule has 0 amide bonds. The van der Waals surface area contributed by atoms with Crippen molar-refractivity contribution in [2.75, 3.05) is 31.2 Å². The zero-order chi connectivity index (χ0) is 21.9. The minimum absolute atomic E-state index is 0.312. The van der Waals surface area contributed by atoms with Crippen molar-refractivity contribution in [2.45, 2.75) is 25.4 Å². The van der Waals surface area contributed by atoms with E-state index in [2.05, 4.69) is 57.0 Å². The van der Waals surface area contributed by atoms with Crippen molar-refractivity contribution in [3.05, 3.63) is 60.4 Å². The van der Waals surface area contributed by atoms with Gasteiger partial charge in [0.2, 0.25) is 0 Å². The number of fused-ring (bicyclic) bond motifs is 1. The Balaban J connectivity index is 1.40. The molecule has 2 aromatic carbocycles. The van der Waals surface area contributed by atoms with Gasteiger partial charge in [0.25, 0.3) is 0 Å². The minimum atomic E-state index is 0.312. The summed E-state index contributed by atoms with van der Waals surface area (Å²) in [5, 5.41) is 12.6. The average molecular weight is 430 g/mol. The highest BCUT2D eigenvalue weighted by molar-refractivity contribution is 5.98. The molecule has 1 saturated heterocycles. The fourth-order valence-corrected chi connectivity index (χ4v) is 4.20. The molecule has 4 N–H and O–H groups in total. The van der Waals surface area contributed by atoms with Crippen molar-refractivity contribution in [1.82, 2.24) is 25.1 Å². The van der Waals surface area contributed by atoms with Crippen LogP contribution >= 0.6 is 0 Å². The van der Waals surface area contributed by atoms with Crippen LogP contribution in [0.15, 0.2) is 54.9 Å². The maximum absolute atomic E-state index is 6.26. The summed E-state index contributed by atoms with van der Waals surface area (Å²) < 4.78 is 7.26. The second kappa shape index (κ2) is 8.84. The third-order valence-corrected chi connectivity index (χ3v) is 5.99. The molecule has 2 aromatic heterocycles. The Kier molecular flexibility index (Phi) is 5.60. The predicted molar refractivity (Wildman–Crippen MR) is 127 cm³/mol. The maximum atomic E-state index is 6.26. The summed E-state index contributed by atoms with van der Waals surface area (Å²) in [5.74, 6) is 1.32. The van der Waals surface area contributed by atoms with Crippen molar-refractivity contribution < 1.29 is 4.74 Å². The number of nitrogens with one attached hydrogen (secondary N) is 2. The molecule has 164 valence electrons. The molecule has 8 heteroatoms. The summed E-state index contributed by atoms with van der Waals surface area (Å²) in [5.41, 5.74) is 11.1. The molecule has 0 bridgehead atoms. The van der Waals surface area contributed by atoms with Gasteiger partial charge in [-0.15, -0.1) is 0 Å². The van der Waals surface area contributed by atoms with E-state index in [1.54, 1.807) is 7.11 Å². The second-order valence-electron chi connectivity index (χ2n) is 8.01. The second-order valence-corrected chi connectivity index (χ2v) is 8.01. The third kappa shape index (κ3) is 3.97. The summed E-state index contributed by atoms with van der Waals surface area (Å²) in [6.07, 6.45) is 3.57. The van der Waals surface area contributed by atoms with E-state index in [4.69, 9.17) is 15.6 Å². The fourth-order valence-electron chi connectivity index (χ4n) is 4.20. The first kappa shape index (κ1) is 20.3. The molecular weight excluding hydrogens is 402 g/mol. The monoisotopic (exact) mass is 429 g/mol. The lowest BCUT2D eigenvalue weighted by Gasteiger charge is -2.23. The van der Waals surface area contributed by atoms with Gasteiger partial charge in [-0.25, -0.2) is 14.6 Å². The van der Waals surface area contributed by atoms with Gasteiger partial charge in [0.05, 0.1) is 18.5 Å². The number of aromatic nitrogens is 4. The number of ether oxygens (including phenoxy) is 1. The molecule has 1 aliphatic heterocycles. The van der Waals surface area contributed by atoms with Gasteiger partial charge in [0.1, 0.15) is 23.6 Å². The van der Waals surface area contributed by atoms with Crippen LogP contribution in [0, 0.1) is 0 Å². The number of piperidine rings is 1. The van der Waals surface area contributed by atoms with Crippen LogP contribution in [0.25, 0.3) is 22.3 Å². The zero-order valence-electron chi connectivity index (χ0n) is 18.1. The summed E-state index contributed by atoms with van der Waals surface area (Å²) in [4.78, 5) is 8.75. The molecule has 0 unspecified atom stereocenters. The number of rotatable bonds is 6. The van der Waals surface area contributed by atoms with Crippen molar-refractivity contribution in [3.8, 4) is 17.0 Å². The predicted octanol–water partition coefficient (Wildman–Crippen LogP) is 3.62. The Morgan fingerprint density at radius 3 is 2.53 bits per heavy atom. The molecule has 5 rings (SSSR count). The summed E-state index contributed by atoms with van der Waals surface area (Å²) in [6, 6.07) is 16.6. The number of nitrogens with zero attached hydrogens (tertiary/aromatic N) is 4. The van der Waals surface area contributed by atoms with E-state index in [0.29, 0.717) is 11.9 Å². The SMILES string of the molecule is COc1ccc(CNc2ccc(-c3nn(C4CCNCC4)c4ncnc(N)c34)cc2)cc1. The largest absolute Gasteiger partial charge is 0.497 e. The molecule has 0 atom stereocenters. The van der Waals surface area contributed by atoms with Crippen molar-refractivity contribution in [2.24, 2.45) is 0 Å². The van der Waals surface area contributed by atoms with Crippen LogP contribution in [0.3, 0.4) is 0 Å². The van der Waals surface area contributed by atoms with Crippen molar-refractivity contribution >= 4 is 22.5 Å². The van der Waals surface area contributed by atoms with Gasteiger partial charge in [0, 0.05) is 17.8 Å². The Bertz CT molecular complexity index is 1200. The quantitative estimate of drug-likeness (QED) is 0.430. The fraction of sp³-hybridized carbons (Fsp3) is 0.292. The minimum Gasteiger partial charge on any atom is -0.497 e. The lowest BCUT2D eigenvalue weighted by atomic mass is 10.1. The van der Waals surface area contributed by atoms with E-state index in [1.807, 2.05) is 16.8 Å². The van der Waals surface area contributed by atoms with Crippen LogP contribution in [-0.4, -0.2) is 39.9 Å². The number of nitrogen functional groups attached to an aromatic ring is 1. The normalized spacial score (nSPS) is 14.5. The molecule has 32 heavy (non-hydrogen) atoms. The van der Waals surface area contributed by atoms with E-state index in [9.17, 15) is 0 Å². The van der Waals surface area contributed by atoms with E-state index < -0.39 is 0 Å². The topological polar surface area (TPSA) is 103 Å². The van der Waals surface area contributed by atoms with Crippen LogP contribution in [0.1, 0.15) is 24.4 Å². The number of benzene rings is 2. The number of hydrogen-bond donors (Lipinski definition) is 3. The third-order valence-electron chi connectivity index (χ3n) is 5.99. The average Bonchev–Trinajstić information content (AvgIpc) is 3.25. The van der Waals surface area contributed by atoms with Gasteiger partial charge in [0.15, 0.2) is 5.65 Å². The van der Waals surface area contributed by atoms with Gasteiger partial charge in [-0.3, -0.25) is 0 Å². The Hall–Kier alpha value is -3.65. The highest BCUT2D eigenvalue weighted by Gasteiger charge is 2.23. The summed E-state index contributed by atoms with van der Waals surface area (Å²) in [6.45, 7) is 2.70. The highest BCUT2D eigenvalue weighted by Crippen LogP contribution is 2.33.